The zero-order valence-electron chi connectivity index (χ0n) is 11.7. The Bertz CT molecular complexity index is 462. The lowest BCUT2D eigenvalue weighted by atomic mass is 9.94. The van der Waals surface area contributed by atoms with Crippen LogP contribution in [0, 0.1) is 18.7 Å². The van der Waals surface area contributed by atoms with Gasteiger partial charge in [-0.1, -0.05) is 6.92 Å². The van der Waals surface area contributed by atoms with Gasteiger partial charge in [0, 0.05) is 24.3 Å². The molecule has 0 aromatic heterocycles. The Hall–Kier alpha value is -1.13. The second kappa shape index (κ2) is 5.47. The fraction of sp³-hybridized carbons (Fsp3) is 0.600. The maximum absolute atomic E-state index is 13.7. The summed E-state index contributed by atoms with van der Waals surface area (Å²) < 4.78 is 13.7. The monoisotopic (exact) mass is 267 g/mol. The van der Waals surface area contributed by atoms with E-state index in [1.165, 1.54) is 6.07 Å². The highest BCUT2D eigenvalue weighted by atomic mass is 19.1. The molecule has 1 aliphatic rings. The summed E-state index contributed by atoms with van der Waals surface area (Å²) >= 11 is 0. The van der Waals surface area contributed by atoms with Crippen LogP contribution in [-0.2, 0) is 0 Å². The number of nitrogens with zero attached hydrogens (tertiary/aromatic N) is 1. The molecule has 1 aliphatic heterocycles. The average molecular weight is 267 g/mol. The van der Waals surface area contributed by atoms with Crippen molar-refractivity contribution in [1.82, 2.24) is 0 Å². The maximum atomic E-state index is 13.7. The quantitative estimate of drug-likeness (QED) is 0.864. The standard InChI is InChI=1S/C15H22FNO2/c1-9-6-14(12(11(3)18)7-13(9)16)17-5-4-15(19)10(2)8-17/h6-7,10-11,15,18-19H,4-5,8H2,1-3H3. The minimum Gasteiger partial charge on any atom is -0.393 e. The van der Waals surface area contributed by atoms with Gasteiger partial charge in [0.15, 0.2) is 0 Å². The van der Waals surface area contributed by atoms with Crippen LogP contribution in [0.5, 0.6) is 0 Å². The van der Waals surface area contributed by atoms with Crippen molar-refractivity contribution >= 4 is 5.69 Å². The minimum atomic E-state index is -0.702. The molecule has 106 valence electrons. The summed E-state index contributed by atoms with van der Waals surface area (Å²) in [6.07, 6.45) is -0.267. The number of benzene rings is 1. The normalized spacial score (nSPS) is 25.5. The first kappa shape index (κ1) is 14.3. The minimum absolute atomic E-state index is 0.181. The molecule has 19 heavy (non-hydrogen) atoms. The molecular formula is C15H22FNO2. The molecule has 3 nitrogen and oxygen atoms in total. The summed E-state index contributed by atoms with van der Waals surface area (Å²) in [7, 11) is 0. The van der Waals surface area contributed by atoms with E-state index in [-0.39, 0.29) is 17.8 Å². The van der Waals surface area contributed by atoms with E-state index in [4.69, 9.17) is 0 Å². The van der Waals surface area contributed by atoms with Gasteiger partial charge in [0.25, 0.3) is 0 Å². The van der Waals surface area contributed by atoms with E-state index in [1.807, 2.05) is 6.92 Å². The molecule has 4 heteroatoms. The van der Waals surface area contributed by atoms with Gasteiger partial charge < -0.3 is 15.1 Å². The van der Waals surface area contributed by atoms with E-state index in [0.717, 1.165) is 18.8 Å². The molecular weight excluding hydrogens is 245 g/mol. The van der Waals surface area contributed by atoms with Crippen molar-refractivity contribution in [1.29, 1.82) is 0 Å². The molecule has 0 saturated carbocycles. The number of rotatable bonds is 2. The number of halogens is 1. The Balaban J connectivity index is 2.35. The van der Waals surface area contributed by atoms with Crippen LogP contribution in [0.25, 0.3) is 0 Å². The van der Waals surface area contributed by atoms with E-state index >= 15 is 0 Å². The van der Waals surface area contributed by atoms with Crippen molar-refractivity contribution in [2.24, 2.45) is 5.92 Å². The highest BCUT2D eigenvalue weighted by molar-refractivity contribution is 5.57. The predicted molar refractivity (Wildman–Crippen MR) is 73.8 cm³/mol. The number of aliphatic hydroxyl groups excluding tert-OH is 2. The SMILES string of the molecule is Cc1cc(N2CCC(O)C(C)C2)c(C(C)O)cc1F. The zero-order chi connectivity index (χ0) is 14.2. The molecule has 1 fully saturated rings. The molecule has 1 heterocycles. The molecule has 2 rings (SSSR count). The van der Waals surface area contributed by atoms with Crippen LogP contribution in [0.1, 0.15) is 37.5 Å². The third kappa shape index (κ3) is 2.90. The summed E-state index contributed by atoms with van der Waals surface area (Å²) in [5.41, 5.74) is 2.08. The molecule has 1 saturated heterocycles. The molecule has 2 N–H and O–H groups in total. The van der Waals surface area contributed by atoms with Crippen molar-refractivity contribution in [2.75, 3.05) is 18.0 Å². The predicted octanol–water partition coefficient (Wildman–Crippen LogP) is 2.39. The van der Waals surface area contributed by atoms with Crippen LogP contribution < -0.4 is 4.90 Å². The van der Waals surface area contributed by atoms with E-state index in [0.29, 0.717) is 17.5 Å². The second-order valence-corrected chi connectivity index (χ2v) is 5.62. The first-order valence-corrected chi connectivity index (χ1v) is 6.81. The first-order chi connectivity index (χ1) is 8.90. The van der Waals surface area contributed by atoms with Gasteiger partial charge in [-0.25, -0.2) is 4.39 Å². The van der Waals surface area contributed by atoms with Crippen LogP contribution >= 0.6 is 0 Å². The average Bonchev–Trinajstić information content (AvgIpc) is 2.35. The highest BCUT2D eigenvalue weighted by Crippen LogP contribution is 2.32. The zero-order valence-corrected chi connectivity index (χ0v) is 11.7. The largest absolute Gasteiger partial charge is 0.393 e. The van der Waals surface area contributed by atoms with Crippen molar-refractivity contribution in [3.63, 3.8) is 0 Å². The van der Waals surface area contributed by atoms with Crippen LogP contribution in [-0.4, -0.2) is 29.4 Å². The van der Waals surface area contributed by atoms with Crippen molar-refractivity contribution in [3.8, 4) is 0 Å². The summed E-state index contributed by atoms with van der Waals surface area (Å²) in [6.45, 7) is 6.85. The fourth-order valence-corrected chi connectivity index (χ4v) is 2.64. The van der Waals surface area contributed by atoms with Crippen molar-refractivity contribution < 1.29 is 14.6 Å². The topological polar surface area (TPSA) is 43.7 Å². The number of hydrogen-bond acceptors (Lipinski definition) is 3. The Labute approximate surface area is 113 Å². The summed E-state index contributed by atoms with van der Waals surface area (Å²) in [6, 6.07) is 3.22. The molecule has 0 aliphatic carbocycles. The highest BCUT2D eigenvalue weighted by Gasteiger charge is 2.26. The maximum Gasteiger partial charge on any atom is 0.126 e. The molecule has 0 bridgehead atoms. The number of aryl methyl sites for hydroxylation is 1. The molecule has 0 spiro atoms. The van der Waals surface area contributed by atoms with Crippen LogP contribution in [0.15, 0.2) is 12.1 Å². The van der Waals surface area contributed by atoms with Gasteiger partial charge >= 0.3 is 0 Å². The molecule has 0 amide bonds. The van der Waals surface area contributed by atoms with Gasteiger partial charge in [0.05, 0.1) is 12.2 Å². The van der Waals surface area contributed by atoms with Gasteiger partial charge in [0.2, 0.25) is 0 Å². The Morgan fingerprint density at radius 3 is 2.68 bits per heavy atom. The van der Waals surface area contributed by atoms with E-state index in [9.17, 15) is 14.6 Å². The summed E-state index contributed by atoms with van der Waals surface area (Å²) in [5, 5.41) is 19.6. The van der Waals surface area contributed by atoms with Crippen LogP contribution in [0.3, 0.4) is 0 Å². The lowest BCUT2D eigenvalue weighted by molar-refractivity contribution is 0.0968. The molecule has 0 radical (unpaired) electrons. The molecule has 3 unspecified atom stereocenters. The third-order valence-electron chi connectivity index (χ3n) is 3.96. The first-order valence-electron chi connectivity index (χ1n) is 6.81. The molecule has 3 atom stereocenters. The van der Waals surface area contributed by atoms with E-state index in [1.54, 1.807) is 19.9 Å². The Kier molecular flexibility index (Phi) is 4.11. The van der Waals surface area contributed by atoms with Crippen molar-refractivity contribution in [3.05, 3.63) is 29.1 Å². The summed E-state index contributed by atoms with van der Waals surface area (Å²) in [5.74, 6) is -0.106. The smallest absolute Gasteiger partial charge is 0.126 e. The van der Waals surface area contributed by atoms with Crippen LogP contribution in [0.2, 0.25) is 0 Å². The number of hydrogen-bond donors (Lipinski definition) is 2. The Morgan fingerprint density at radius 2 is 2.11 bits per heavy atom. The lowest BCUT2D eigenvalue weighted by Crippen LogP contribution is -2.42. The fourth-order valence-electron chi connectivity index (χ4n) is 2.64. The van der Waals surface area contributed by atoms with Gasteiger partial charge in [-0.15, -0.1) is 0 Å². The second-order valence-electron chi connectivity index (χ2n) is 5.62. The third-order valence-corrected chi connectivity index (χ3v) is 3.96. The van der Waals surface area contributed by atoms with Gasteiger partial charge in [-0.3, -0.25) is 0 Å². The van der Waals surface area contributed by atoms with Crippen molar-refractivity contribution in [2.45, 2.75) is 39.4 Å². The number of piperidine rings is 1. The van der Waals surface area contributed by atoms with Gasteiger partial charge in [-0.05, 0) is 43.9 Å². The van der Waals surface area contributed by atoms with Gasteiger partial charge in [0.1, 0.15) is 5.82 Å². The van der Waals surface area contributed by atoms with E-state index in [2.05, 4.69) is 4.90 Å². The van der Waals surface area contributed by atoms with E-state index < -0.39 is 6.10 Å². The summed E-state index contributed by atoms with van der Waals surface area (Å²) in [4.78, 5) is 2.13. The van der Waals surface area contributed by atoms with Gasteiger partial charge in [-0.2, -0.15) is 0 Å². The molecule has 1 aromatic carbocycles. The van der Waals surface area contributed by atoms with Crippen LogP contribution in [0.4, 0.5) is 10.1 Å². The lowest BCUT2D eigenvalue weighted by Gasteiger charge is -2.37. The Morgan fingerprint density at radius 1 is 1.42 bits per heavy atom. The number of anilines is 1. The number of aliphatic hydroxyl groups is 2. The molecule has 1 aromatic rings.